The van der Waals surface area contributed by atoms with Crippen LogP contribution in [-0.4, -0.2) is 63.0 Å². The van der Waals surface area contributed by atoms with Gasteiger partial charge in [-0.3, -0.25) is 18.9 Å². The molecule has 3 aromatic heterocycles. The average Bonchev–Trinajstić information content (AvgIpc) is 4.11. The highest BCUT2D eigenvalue weighted by Crippen LogP contribution is 2.68. The first kappa shape index (κ1) is 45.0. The van der Waals surface area contributed by atoms with E-state index in [2.05, 4.69) is 32.1 Å². The number of fused-ring (bicyclic) bond motifs is 4. The third-order valence-electron chi connectivity index (χ3n) is 12.2. The summed E-state index contributed by atoms with van der Waals surface area (Å²) in [5, 5.41) is 10.2. The maximum atomic E-state index is 15.5. The van der Waals surface area contributed by atoms with Gasteiger partial charge in [-0.05, 0) is 106 Å². The number of sulfone groups is 1. The number of sulfonamides is 1. The number of aryl methyl sites for hydroxylation is 1. The van der Waals surface area contributed by atoms with E-state index in [0.717, 1.165) is 25.0 Å². The average molecular weight is 966 g/mol. The standard InChI is InChI=1S/C43H39ClF7N7O5S2/c1-41(2,65(62,63)26-7-8-26)13-12-25-6-9-27(28-10-11-31(44)35-37(28)57(3)55-40(35)56-64(60,61)20-21-4-5-21)36(52-25)32(16-22-14-23(45)17-24(46)15-22)53-33(59)19-58-39-34(38(54-58)43(49,50)51)29-18-30(29)42(39,47)48/h6,9-11,14-15,17,21,26,29-30,32H,4-5,7-8,16,18-20H2,1-3H3,(H,53,59)(H,55,56)/t29-,30+,32-/m0/s1. The van der Waals surface area contributed by atoms with Crippen molar-refractivity contribution in [2.45, 2.75) is 93.0 Å². The molecule has 3 heterocycles. The lowest BCUT2D eigenvalue weighted by Crippen LogP contribution is -2.35. The molecule has 2 N–H and O–H groups in total. The molecule has 3 atom stereocenters. The van der Waals surface area contributed by atoms with E-state index < -0.39 is 107 Å². The van der Waals surface area contributed by atoms with Crippen molar-refractivity contribution in [1.82, 2.24) is 29.9 Å². The smallest absolute Gasteiger partial charge is 0.346 e. The summed E-state index contributed by atoms with van der Waals surface area (Å²) in [7, 11) is -6.07. The van der Waals surface area contributed by atoms with Gasteiger partial charge in [-0.2, -0.15) is 32.1 Å². The minimum absolute atomic E-state index is 0.00939. The summed E-state index contributed by atoms with van der Waals surface area (Å²) < 4.78 is 159. The van der Waals surface area contributed by atoms with Gasteiger partial charge in [0.15, 0.2) is 21.3 Å². The van der Waals surface area contributed by atoms with Gasteiger partial charge in [-0.15, -0.1) is 0 Å². The molecule has 0 spiro atoms. The lowest BCUT2D eigenvalue weighted by Gasteiger charge is -2.23. The molecular formula is C43H39ClF7N7O5S2. The van der Waals surface area contributed by atoms with Gasteiger partial charge in [0, 0.05) is 35.7 Å². The van der Waals surface area contributed by atoms with Crippen molar-refractivity contribution < 1.29 is 52.4 Å². The fourth-order valence-electron chi connectivity index (χ4n) is 8.72. The van der Waals surface area contributed by atoms with Crippen LogP contribution in [0.3, 0.4) is 0 Å². The summed E-state index contributed by atoms with van der Waals surface area (Å²) in [5.74, 6) is -3.94. The van der Waals surface area contributed by atoms with E-state index >= 15 is 8.78 Å². The number of pyridine rings is 1. The fraction of sp³-hybridized carbons (Fsp3) is 0.442. The molecule has 0 bridgehead atoms. The second kappa shape index (κ2) is 15.4. The van der Waals surface area contributed by atoms with Gasteiger partial charge in [0.2, 0.25) is 15.9 Å². The van der Waals surface area contributed by atoms with Crippen LogP contribution in [0.15, 0.2) is 42.5 Å². The number of alkyl halides is 5. The minimum Gasteiger partial charge on any atom is -0.346 e. The monoisotopic (exact) mass is 965 g/mol. The van der Waals surface area contributed by atoms with Crippen LogP contribution in [0, 0.1) is 35.3 Å². The van der Waals surface area contributed by atoms with E-state index in [4.69, 9.17) is 16.6 Å². The largest absolute Gasteiger partial charge is 0.435 e. The summed E-state index contributed by atoms with van der Waals surface area (Å²) in [6.07, 6.45) is -3.25. The molecule has 4 aliphatic rings. The fourth-order valence-corrected chi connectivity index (χ4v) is 12.2. The molecule has 0 radical (unpaired) electrons. The van der Waals surface area contributed by atoms with E-state index in [1.54, 1.807) is 6.07 Å². The highest BCUT2D eigenvalue weighted by molar-refractivity contribution is 7.94. The Hall–Kier alpha value is -5.20. The quantitative estimate of drug-likeness (QED) is 0.0890. The van der Waals surface area contributed by atoms with Crippen LogP contribution in [-0.2, 0) is 56.8 Å². The van der Waals surface area contributed by atoms with Gasteiger partial charge in [-0.1, -0.05) is 23.6 Å². The van der Waals surface area contributed by atoms with Crippen molar-refractivity contribution in [2.24, 2.45) is 18.9 Å². The van der Waals surface area contributed by atoms with E-state index in [0.29, 0.717) is 23.6 Å². The summed E-state index contributed by atoms with van der Waals surface area (Å²) in [4.78, 5) is 18.9. The van der Waals surface area contributed by atoms with Crippen LogP contribution < -0.4 is 10.0 Å². The molecule has 0 unspecified atom stereocenters. The number of hydrogen-bond acceptors (Lipinski definition) is 8. The van der Waals surface area contributed by atoms with Crippen LogP contribution in [0.4, 0.5) is 36.6 Å². The molecule has 3 fully saturated rings. The summed E-state index contributed by atoms with van der Waals surface area (Å²) in [6.45, 7) is 1.76. The molecular weight excluding hydrogens is 927 g/mol. The molecule has 344 valence electrons. The number of benzene rings is 2. The number of hydrogen-bond donors (Lipinski definition) is 2. The second-order valence-electron chi connectivity index (χ2n) is 17.7. The molecule has 1 amide bonds. The molecule has 65 heavy (non-hydrogen) atoms. The van der Waals surface area contributed by atoms with Gasteiger partial charge in [-0.25, -0.2) is 30.6 Å². The lowest BCUT2D eigenvalue weighted by molar-refractivity contribution is -0.142. The Bertz CT molecular complexity index is 3100. The molecule has 9 rings (SSSR count). The number of nitrogens with one attached hydrogen (secondary N) is 2. The highest BCUT2D eigenvalue weighted by atomic mass is 35.5. The summed E-state index contributed by atoms with van der Waals surface area (Å²) >= 11 is 6.71. The minimum atomic E-state index is -5.11. The zero-order valence-corrected chi connectivity index (χ0v) is 37.1. The Labute approximate surface area is 373 Å². The van der Waals surface area contributed by atoms with Crippen LogP contribution in [0.1, 0.15) is 91.8 Å². The highest BCUT2D eigenvalue weighted by Gasteiger charge is 2.68. The molecule has 0 saturated heterocycles. The number of anilines is 1. The number of nitrogens with zero attached hydrogens (tertiary/aromatic N) is 5. The van der Waals surface area contributed by atoms with Crippen molar-refractivity contribution >= 4 is 54.1 Å². The first-order chi connectivity index (χ1) is 30.3. The molecule has 4 aliphatic carbocycles. The number of amides is 1. The molecule has 12 nitrogen and oxygen atoms in total. The molecule has 5 aromatic rings. The predicted octanol–water partition coefficient (Wildman–Crippen LogP) is 7.95. The van der Waals surface area contributed by atoms with Crippen molar-refractivity contribution in [3.63, 3.8) is 0 Å². The summed E-state index contributed by atoms with van der Waals surface area (Å²) in [5.41, 5.74) is -2.61. The van der Waals surface area contributed by atoms with E-state index in [1.165, 1.54) is 43.8 Å². The second-order valence-corrected chi connectivity index (χ2v) is 22.6. The van der Waals surface area contributed by atoms with Crippen molar-refractivity contribution in [3.05, 3.63) is 93.0 Å². The zero-order valence-electron chi connectivity index (χ0n) is 34.7. The van der Waals surface area contributed by atoms with Crippen molar-refractivity contribution in [2.75, 3.05) is 10.5 Å². The van der Waals surface area contributed by atoms with Gasteiger partial charge in [0.05, 0.1) is 38.7 Å². The Morgan fingerprint density at radius 2 is 1.66 bits per heavy atom. The SMILES string of the molecule is Cn1nc(NS(=O)(=O)CC2CC2)c2c(Cl)ccc(-c3ccc(C#CC(C)(C)S(=O)(=O)C4CC4)nc3[C@H](Cc3cc(F)cc(F)c3)NC(=O)Cn3nc(C(F)(F)F)c4c3C(F)(F)[C@@H]3C[C@H]43)c21. The van der Waals surface area contributed by atoms with Gasteiger partial charge in [0.25, 0.3) is 5.92 Å². The first-order valence-electron chi connectivity index (χ1n) is 20.6. The Kier molecular flexibility index (Phi) is 10.7. The van der Waals surface area contributed by atoms with Gasteiger partial charge < -0.3 is 5.32 Å². The van der Waals surface area contributed by atoms with E-state index in [1.807, 2.05) is 0 Å². The third kappa shape index (κ3) is 8.45. The topological polar surface area (TPSA) is 158 Å². The Morgan fingerprint density at radius 1 is 0.985 bits per heavy atom. The number of aromatic nitrogens is 5. The Balaban J connectivity index is 1.19. The Morgan fingerprint density at radius 3 is 2.31 bits per heavy atom. The van der Waals surface area contributed by atoms with Gasteiger partial charge in [0.1, 0.15) is 34.3 Å². The normalized spacial score (nSPS) is 19.6. The van der Waals surface area contributed by atoms with E-state index in [-0.39, 0.29) is 67.9 Å². The maximum absolute atomic E-state index is 15.5. The van der Waals surface area contributed by atoms with Crippen LogP contribution in [0.2, 0.25) is 5.02 Å². The number of carbonyl (C=O) groups is 1. The zero-order chi connectivity index (χ0) is 46.8. The third-order valence-corrected chi connectivity index (χ3v) is 16.8. The predicted molar refractivity (Wildman–Crippen MR) is 225 cm³/mol. The van der Waals surface area contributed by atoms with Crippen LogP contribution in [0.25, 0.3) is 22.0 Å². The number of carbonyl (C=O) groups excluding carboxylic acids is 1. The van der Waals surface area contributed by atoms with Crippen molar-refractivity contribution in [3.8, 4) is 23.0 Å². The van der Waals surface area contributed by atoms with Gasteiger partial charge >= 0.3 is 6.18 Å². The molecule has 2 aromatic carbocycles. The molecule has 3 saturated carbocycles. The molecule has 0 aliphatic heterocycles. The van der Waals surface area contributed by atoms with Crippen LogP contribution in [0.5, 0.6) is 0 Å². The first-order valence-corrected chi connectivity index (χ1v) is 24.2. The van der Waals surface area contributed by atoms with Crippen LogP contribution >= 0.6 is 11.6 Å². The lowest BCUT2D eigenvalue weighted by atomic mass is 9.93. The van der Waals surface area contributed by atoms with Crippen molar-refractivity contribution in [1.29, 1.82) is 0 Å². The number of halogens is 8. The van der Waals surface area contributed by atoms with E-state index in [9.17, 15) is 43.6 Å². The molecule has 22 heteroatoms. The number of rotatable bonds is 13. The maximum Gasteiger partial charge on any atom is 0.435 e. The summed E-state index contributed by atoms with van der Waals surface area (Å²) in [6, 6.07) is 7.06.